The second kappa shape index (κ2) is 12.2. The van der Waals surface area contributed by atoms with Gasteiger partial charge in [0.25, 0.3) is 0 Å². The fourth-order valence-corrected chi connectivity index (χ4v) is 4.43. The molecule has 0 atom stereocenters. The molecule has 2 N–H and O–H groups in total. The number of nitrogens with zero attached hydrogens (tertiary/aromatic N) is 4. The Labute approximate surface area is 224 Å². The summed E-state index contributed by atoms with van der Waals surface area (Å²) in [4.78, 5) is 18.3. The Morgan fingerprint density at radius 3 is 2.50 bits per heavy atom. The fraction of sp³-hybridized carbons (Fsp3) is 0.290. The number of hydrogen-bond acceptors (Lipinski definition) is 7. The first-order valence-electron chi connectivity index (χ1n) is 13.2. The van der Waals surface area contributed by atoms with Crippen LogP contribution in [0, 0.1) is 11.8 Å². The van der Waals surface area contributed by atoms with Crippen LogP contribution in [-0.2, 0) is 0 Å². The molecule has 1 aromatic carbocycles. The SMILES string of the molecule is CC(C)Oc1ccnc(C#Cc2ccc(Nc3ncc(-c4ccccn4)c(NC4CCCCC4)n3)cc2)c1. The van der Waals surface area contributed by atoms with Crippen LogP contribution in [0.4, 0.5) is 17.5 Å². The second-order valence-corrected chi connectivity index (χ2v) is 9.65. The van der Waals surface area contributed by atoms with Crippen LogP contribution in [0.2, 0.25) is 0 Å². The lowest BCUT2D eigenvalue weighted by Crippen LogP contribution is -2.23. The van der Waals surface area contributed by atoms with Gasteiger partial charge >= 0.3 is 0 Å². The van der Waals surface area contributed by atoms with Crippen LogP contribution in [-0.4, -0.2) is 32.1 Å². The molecule has 0 spiro atoms. The maximum atomic E-state index is 5.73. The van der Waals surface area contributed by atoms with Crippen LogP contribution in [0.3, 0.4) is 0 Å². The molecule has 0 radical (unpaired) electrons. The topological polar surface area (TPSA) is 84.8 Å². The van der Waals surface area contributed by atoms with Gasteiger partial charge in [-0.1, -0.05) is 31.2 Å². The third-order valence-corrected chi connectivity index (χ3v) is 6.25. The zero-order valence-electron chi connectivity index (χ0n) is 21.8. The number of rotatable bonds is 7. The number of anilines is 3. The molecule has 7 heteroatoms. The number of aromatic nitrogens is 4. The minimum Gasteiger partial charge on any atom is -0.491 e. The maximum absolute atomic E-state index is 5.73. The largest absolute Gasteiger partial charge is 0.491 e. The molecule has 38 heavy (non-hydrogen) atoms. The third-order valence-electron chi connectivity index (χ3n) is 6.25. The number of hydrogen-bond donors (Lipinski definition) is 2. The van der Waals surface area contributed by atoms with Crippen molar-refractivity contribution in [3.05, 3.63) is 84.4 Å². The molecule has 0 aliphatic heterocycles. The van der Waals surface area contributed by atoms with Crippen LogP contribution in [0.1, 0.15) is 57.2 Å². The molecule has 1 fully saturated rings. The smallest absolute Gasteiger partial charge is 0.229 e. The van der Waals surface area contributed by atoms with Gasteiger partial charge in [0, 0.05) is 41.9 Å². The zero-order valence-corrected chi connectivity index (χ0v) is 21.8. The molecule has 3 aromatic heterocycles. The van der Waals surface area contributed by atoms with Crippen molar-refractivity contribution in [1.82, 2.24) is 19.9 Å². The second-order valence-electron chi connectivity index (χ2n) is 9.65. The van der Waals surface area contributed by atoms with E-state index in [0.29, 0.717) is 17.7 Å². The van der Waals surface area contributed by atoms with Crippen LogP contribution in [0.25, 0.3) is 11.3 Å². The van der Waals surface area contributed by atoms with E-state index in [-0.39, 0.29) is 6.10 Å². The molecule has 1 saturated carbocycles. The molecule has 1 aliphatic rings. The van der Waals surface area contributed by atoms with Gasteiger partial charge in [-0.15, -0.1) is 0 Å². The predicted molar refractivity (Wildman–Crippen MR) is 151 cm³/mol. The summed E-state index contributed by atoms with van der Waals surface area (Å²) in [5.41, 5.74) is 4.21. The van der Waals surface area contributed by atoms with Crippen molar-refractivity contribution in [3.63, 3.8) is 0 Å². The quantitative estimate of drug-likeness (QED) is 0.274. The highest BCUT2D eigenvalue weighted by molar-refractivity contribution is 5.73. The van der Waals surface area contributed by atoms with Crippen LogP contribution >= 0.6 is 0 Å². The molecule has 0 bridgehead atoms. The average molecular weight is 505 g/mol. The first-order chi connectivity index (χ1) is 18.6. The van der Waals surface area contributed by atoms with Crippen molar-refractivity contribution in [2.75, 3.05) is 10.6 Å². The third kappa shape index (κ3) is 6.86. The van der Waals surface area contributed by atoms with E-state index in [4.69, 9.17) is 9.72 Å². The van der Waals surface area contributed by atoms with Gasteiger partial charge < -0.3 is 15.4 Å². The highest BCUT2D eigenvalue weighted by atomic mass is 16.5. The molecule has 0 saturated heterocycles. The minimum absolute atomic E-state index is 0.104. The Morgan fingerprint density at radius 1 is 0.895 bits per heavy atom. The van der Waals surface area contributed by atoms with Crippen molar-refractivity contribution in [3.8, 4) is 28.8 Å². The van der Waals surface area contributed by atoms with Gasteiger partial charge in [-0.25, -0.2) is 9.97 Å². The number of nitrogens with one attached hydrogen (secondary N) is 2. The summed E-state index contributed by atoms with van der Waals surface area (Å²) in [6.07, 6.45) is 11.6. The van der Waals surface area contributed by atoms with E-state index < -0.39 is 0 Å². The van der Waals surface area contributed by atoms with Gasteiger partial charge in [0.05, 0.1) is 17.4 Å². The summed E-state index contributed by atoms with van der Waals surface area (Å²) in [7, 11) is 0. The van der Waals surface area contributed by atoms with Crippen molar-refractivity contribution in [2.24, 2.45) is 0 Å². The average Bonchev–Trinajstić information content (AvgIpc) is 2.94. The summed E-state index contributed by atoms with van der Waals surface area (Å²) in [5.74, 6) is 8.40. The van der Waals surface area contributed by atoms with E-state index in [1.54, 1.807) is 12.4 Å². The van der Waals surface area contributed by atoms with Gasteiger partial charge in [-0.3, -0.25) is 4.98 Å². The Kier molecular flexibility index (Phi) is 8.10. The molecule has 5 rings (SSSR count). The minimum atomic E-state index is 0.104. The summed E-state index contributed by atoms with van der Waals surface area (Å²) in [6.45, 7) is 3.99. The lowest BCUT2D eigenvalue weighted by Gasteiger charge is -2.24. The zero-order chi connectivity index (χ0) is 26.2. The van der Waals surface area contributed by atoms with E-state index in [9.17, 15) is 0 Å². The lowest BCUT2D eigenvalue weighted by atomic mass is 9.95. The highest BCUT2D eigenvalue weighted by Gasteiger charge is 2.17. The van der Waals surface area contributed by atoms with Crippen LogP contribution in [0.5, 0.6) is 5.75 Å². The van der Waals surface area contributed by atoms with E-state index >= 15 is 0 Å². The molecular formula is C31H32N6O. The summed E-state index contributed by atoms with van der Waals surface area (Å²) in [6, 6.07) is 17.9. The van der Waals surface area contributed by atoms with Gasteiger partial charge in [0.15, 0.2) is 0 Å². The van der Waals surface area contributed by atoms with Gasteiger partial charge in [0.1, 0.15) is 17.3 Å². The molecule has 192 valence electrons. The molecule has 4 aromatic rings. The fourth-order valence-electron chi connectivity index (χ4n) is 4.43. The first-order valence-corrected chi connectivity index (χ1v) is 13.2. The summed E-state index contributed by atoms with van der Waals surface area (Å²) < 4.78 is 5.73. The molecule has 0 amide bonds. The number of pyridine rings is 2. The normalized spacial score (nSPS) is 13.4. The molecular weight excluding hydrogens is 472 g/mol. The summed E-state index contributed by atoms with van der Waals surface area (Å²) in [5, 5.41) is 6.99. The number of ether oxygens (including phenoxy) is 1. The monoisotopic (exact) mass is 504 g/mol. The molecule has 0 unspecified atom stereocenters. The van der Waals surface area contributed by atoms with E-state index in [1.165, 1.54) is 19.3 Å². The van der Waals surface area contributed by atoms with Crippen LogP contribution < -0.4 is 15.4 Å². The highest BCUT2D eigenvalue weighted by Crippen LogP contribution is 2.29. The Hall–Kier alpha value is -4.44. The molecule has 1 aliphatic carbocycles. The van der Waals surface area contributed by atoms with Crippen molar-refractivity contribution >= 4 is 17.5 Å². The lowest BCUT2D eigenvalue weighted by molar-refractivity contribution is 0.242. The van der Waals surface area contributed by atoms with E-state index in [1.807, 2.05) is 74.6 Å². The van der Waals surface area contributed by atoms with E-state index in [0.717, 1.165) is 46.9 Å². The van der Waals surface area contributed by atoms with Gasteiger partial charge in [0.2, 0.25) is 5.95 Å². The van der Waals surface area contributed by atoms with Crippen molar-refractivity contribution in [2.45, 2.75) is 58.1 Å². The van der Waals surface area contributed by atoms with Crippen molar-refractivity contribution < 1.29 is 4.74 Å². The maximum Gasteiger partial charge on any atom is 0.229 e. The van der Waals surface area contributed by atoms with Gasteiger partial charge in [-0.05, 0) is 75.1 Å². The Morgan fingerprint density at radius 2 is 1.74 bits per heavy atom. The first kappa shape index (κ1) is 25.2. The number of benzene rings is 1. The summed E-state index contributed by atoms with van der Waals surface area (Å²) >= 11 is 0. The predicted octanol–water partition coefficient (Wildman–Crippen LogP) is 6.61. The Balaban J connectivity index is 1.31. The standard InChI is InChI=1S/C31H32N6O/c1-22(2)38-27-17-19-32-26(20-27)16-13-23-11-14-25(15-12-23)36-31-34-21-28(29-10-6-7-18-33-29)30(37-31)35-24-8-4-3-5-9-24/h6-7,10-12,14-15,17-22,24H,3-5,8-9H2,1-2H3,(H2,34,35,36,37). The van der Waals surface area contributed by atoms with E-state index in [2.05, 4.69) is 37.4 Å². The Bertz CT molecular complexity index is 1400. The molecule has 7 nitrogen and oxygen atoms in total. The van der Waals surface area contributed by atoms with Crippen molar-refractivity contribution in [1.29, 1.82) is 0 Å². The van der Waals surface area contributed by atoms with Gasteiger partial charge in [-0.2, -0.15) is 4.98 Å². The molecule has 3 heterocycles. The van der Waals surface area contributed by atoms with Crippen LogP contribution in [0.15, 0.2) is 73.2 Å².